The summed E-state index contributed by atoms with van der Waals surface area (Å²) in [5.74, 6) is 0.186. The average molecular weight is 332 g/mol. The number of hydrogen-bond acceptors (Lipinski definition) is 3. The molecule has 0 unspecified atom stereocenters. The van der Waals surface area contributed by atoms with Crippen LogP contribution in [0.15, 0.2) is 29.4 Å². The van der Waals surface area contributed by atoms with Gasteiger partial charge in [0.15, 0.2) is 5.11 Å². The third-order valence-electron chi connectivity index (χ3n) is 3.46. The first kappa shape index (κ1) is 17.4. The summed E-state index contributed by atoms with van der Waals surface area (Å²) in [5, 5.41) is 7.96. The van der Waals surface area contributed by atoms with Crippen LogP contribution in [-0.4, -0.2) is 28.8 Å². The van der Waals surface area contributed by atoms with Crippen molar-refractivity contribution < 1.29 is 4.79 Å². The number of amides is 1. The quantitative estimate of drug-likeness (QED) is 0.508. The van der Waals surface area contributed by atoms with E-state index in [9.17, 15) is 4.79 Å². The van der Waals surface area contributed by atoms with E-state index in [2.05, 4.69) is 15.8 Å². The van der Waals surface area contributed by atoms with Gasteiger partial charge in [-0.2, -0.15) is 5.10 Å². The normalized spacial score (nSPS) is 15.7. The first-order chi connectivity index (χ1) is 10.8. The monoisotopic (exact) mass is 332 g/mol. The molecule has 0 radical (unpaired) electrons. The van der Waals surface area contributed by atoms with Gasteiger partial charge in [-0.1, -0.05) is 12.1 Å². The summed E-state index contributed by atoms with van der Waals surface area (Å²) in [6.07, 6.45) is 1.55. The minimum Gasteiger partial charge on any atom is -0.357 e. The predicted octanol–water partition coefficient (Wildman–Crippen LogP) is 2.80. The zero-order valence-electron chi connectivity index (χ0n) is 14.1. The molecule has 1 aromatic carbocycles. The number of nitrogens with zero attached hydrogens (tertiary/aromatic N) is 2. The number of carbonyl (C=O) groups is 1. The summed E-state index contributed by atoms with van der Waals surface area (Å²) in [4.78, 5) is 13.7. The van der Waals surface area contributed by atoms with E-state index < -0.39 is 0 Å². The minimum absolute atomic E-state index is 0.108. The molecule has 1 aliphatic heterocycles. The van der Waals surface area contributed by atoms with Crippen LogP contribution < -0.4 is 15.6 Å². The van der Waals surface area contributed by atoms with Crippen LogP contribution in [-0.2, 0) is 4.79 Å². The van der Waals surface area contributed by atoms with Crippen molar-refractivity contribution in [3.63, 3.8) is 0 Å². The molecular weight excluding hydrogens is 308 g/mol. The van der Waals surface area contributed by atoms with Gasteiger partial charge in [0.2, 0.25) is 5.91 Å². The van der Waals surface area contributed by atoms with Gasteiger partial charge < -0.3 is 10.2 Å². The molecule has 5 nitrogen and oxygen atoms in total. The lowest BCUT2D eigenvalue weighted by Crippen LogP contribution is -2.44. The topological polar surface area (TPSA) is 56.7 Å². The molecule has 1 amide bonds. The Labute approximate surface area is 143 Å². The molecule has 0 saturated carbocycles. The Kier molecular flexibility index (Phi) is 5.36. The molecule has 0 aliphatic carbocycles. The summed E-state index contributed by atoms with van der Waals surface area (Å²) in [7, 11) is 0. The van der Waals surface area contributed by atoms with Gasteiger partial charge in [0.05, 0.1) is 5.71 Å². The van der Waals surface area contributed by atoms with E-state index in [1.165, 1.54) is 0 Å². The summed E-state index contributed by atoms with van der Waals surface area (Å²) in [6.45, 7) is 8.81. The number of anilines is 1. The van der Waals surface area contributed by atoms with Crippen molar-refractivity contribution in [2.24, 2.45) is 5.10 Å². The van der Waals surface area contributed by atoms with Crippen LogP contribution in [0.3, 0.4) is 0 Å². The molecule has 2 rings (SSSR count). The third kappa shape index (κ3) is 5.03. The Morgan fingerprint density at radius 3 is 2.70 bits per heavy atom. The standard InChI is InChI=1S/C17H24N4OS/c1-12(19-20-16(23)18-17(2,3)4)13-7-5-8-14(11-13)21-10-6-9-15(21)22/h5,7-8,11H,6,9-10H2,1-4H3,(H2,18,20,23)/b19-12-. The summed E-state index contributed by atoms with van der Waals surface area (Å²) < 4.78 is 0. The molecule has 2 N–H and O–H groups in total. The number of nitrogens with one attached hydrogen (secondary N) is 2. The number of rotatable bonds is 3. The summed E-state index contributed by atoms with van der Waals surface area (Å²) in [6, 6.07) is 7.87. The van der Waals surface area contributed by atoms with E-state index in [1.807, 2.05) is 56.9 Å². The fraction of sp³-hybridized carbons (Fsp3) is 0.471. The van der Waals surface area contributed by atoms with Gasteiger partial charge in [-0.05, 0) is 64.0 Å². The highest BCUT2D eigenvalue weighted by atomic mass is 32.1. The largest absolute Gasteiger partial charge is 0.357 e. The zero-order chi connectivity index (χ0) is 17.0. The number of carbonyl (C=O) groups excluding carboxylic acids is 1. The number of benzene rings is 1. The molecule has 124 valence electrons. The lowest BCUT2D eigenvalue weighted by atomic mass is 10.1. The minimum atomic E-state index is -0.108. The predicted molar refractivity (Wildman–Crippen MR) is 98.9 cm³/mol. The maximum atomic E-state index is 11.9. The van der Waals surface area contributed by atoms with Crippen LogP contribution in [0.2, 0.25) is 0 Å². The summed E-state index contributed by atoms with van der Waals surface area (Å²) in [5.41, 5.74) is 5.46. The van der Waals surface area contributed by atoms with Crippen LogP contribution >= 0.6 is 12.2 Å². The van der Waals surface area contributed by atoms with Gasteiger partial charge in [0, 0.05) is 24.2 Å². The molecule has 1 saturated heterocycles. The van der Waals surface area contributed by atoms with E-state index in [0.717, 1.165) is 29.9 Å². The van der Waals surface area contributed by atoms with Crippen molar-refractivity contribution in [3.05, 3.63) is 29.8 Å². The van der Waals surface area contributed by atoms with Gasteiger partial charge in [-0.15, -0.1) is 0 Å². The molecule has 1 heterocycles. The smallest absolute Gasteiger partial charge is 0.227 e. The molecular formula is C17H24N4OS. The zero-order valence-corrected chi connectivity index (χ0v) is 15.0. The Bertz CT molecular complexity index is 634. The van der Waals surface area contributed by atoms with Gasteiger partial charge in [-0.25, -0.2) is 0 Å². The maximum Gasteiger partial charge on any atom is 0.227 e. The van der Waals surface area contributed by atoms with Gasteiger partial charge in [0.1, 0.15) is 0 Å². The summed E-state index contributed by atoms with van der Waals surface area (Å²) >= 11 is 5.22. The van der Waals surface area contributed by atoms with Crippen LogP contribution in [0.25, 0.3) is 0 Å². The molecule has 0 atom stereocenters. The van der Waals surface area contributed by atoms with Crippen molar-refractivity contribution in [2.75, 3.05) is 11.4 Å². The van der Waals surface area contributed by atoms with E-state index in [4.69, 9.17) is 12.2 Å². The molecule has 1 aromatic rings. The fourth-order valence-electron chi connectivity index (χ4n) is 2.39. The number of thiocarbonyl (C=S) groups is 1. The lowest BCUT2D eigenvalue weighted by Gasteiger charge is -2.22. The highest BCUT2D eigenvalue weighted by Crippen LogP contribution is 2.22. The molecule has 0 bridgehead atoms. The highest BCUT2D eigenvalue weighted by molar-refractivity contribution is 7.80. The fourth-order valence-corrected chi connectivity index (χ4v) is 2.74. The van der Waals surface area contributed by atoms with Crippen molar-refractivity contribution >= 4 is 34.6 Å². The molecule has 1 aliphatic rings. The lowest BCUT2D eigenvalue weighted by molar-refractivity contribution is -0.117. The Morgan fingerprint density at radius 1 is 1.35 bits per heavy atom. The van der Waals surface area contributed by atoms with Gasteiger partial charge in [-0.3, -0.25) is 10.2 Å². The highest BCUT2D eigenvalue weighted by Gasteiger charge is 2.21. The van der Waals surface area contributed by atoms with Crippen molar-refractivity contribution in [1.82, 2.24) is 10.7 Å². The first-order valence-electron chi connectivity index (χ1n) is 7.79. The van der Waals surface area contributed by atoms with E-state index in [1.54, 1.807) is 0 Å². The van der Waals surface area contributed by atoms with Gasteiger partial charge in [0.25, 0.3) is 0 Å². The Hall–Kier alpha value is -1.95. The second-order valence-corrected chi connectivity index (χ2v) is 7.12. The molecule has 1 fully saturated rings. The van der Waals surface area contributed by atoms with Crippen LogP contribution in [0, 0.1) is 0 Å². The van der Waals surface area contributed by atoms with Crippen LogP contribution in [0.1, 0.15) is 46.1 Å². The number of hydrazone groups is 1. The second-order valence-electron chi connectivity index (χ2n) is 6.71. The average Bonchev–Trinajstić information content (AvgIpc) is 2.89. The first-order valence-corrected chi connectivity index (χ1v) is 8.20. The molecule has 0 aromatic heterocycles. The van der Waals surface area contributed by atoms with Gasteiger partial charge >= 0.3 is 0 Å². The SMILES string of the molecule is C/C(=N/NC(=S)NC(C)(C)C)c1cccc(N2CCCC2=O)c1. The second kappa shape index (κ2) is 7.08. The van der Waals surface area contributed by atoms with E-state index in [-0.39, 0.29) is 11.4 Å². The number of hydrogen-bond donors (Lipinski definition) is 2. The van der Waals surface area contributed by atoms with Crippen molar-refractivity contribution in [2.45, 2.75) is 46.1 Å². The Morgan fingerprint density at radius 2 is 2.09 bits per heavy atom. The van der Waals surface area contributed by atoms with Crippen molar-refractivity contribution in [1.29, 1.82) is 0 Å². The Balaban J connectivity index is 2.07. The van der Waals surface area contributed by atoms with E-state index in [0.29, 0.717) is 11.5 Å². The third-order valence-corrected chi connectivity index (χ3v) is 3.66. The molecule has 6 heteroatoms. The maximum absolute atomic E-state index is 11.9. The van der Waals surface area contributed by atoms with Crippen LogP contribution in [0.5, 0.6) is 0 Å². The van der Waals surface area contributed by atoms with Crippen molar-refractivity contribution in [3.8, 4) is 0 Å². The molecule has 23 heavy (non-hydrogen) atoms. The van der Waals surface area contributed by atoms with Crippen LogP contribution in [0.4, 0.5) is 5.69 Å². The van der Waals surface area contributed by atoms with E-state index >= 15 is 0 Å². The molecule has 0 spiro atoms.